The first-order valence-electron chi connectivity index (χ1n) is 9.33. The van der Waals surface area contributed by atoms with Crippen molar-refractivity contribution in [1.82, 2.24) is 20.9 Å². The van der Waals surface area contributed by atoms with Gasteiger partial charge in [0.25, 0.3) is 5.91 Å². The quantitative estimate of drug-likeness (QED) is 0.285. The molecule has 0 spiro atoms. The summed E-state index contributed by atoms with van der Waals surface area (Å²) in [5.41, 5.74) is 1.70. The van der Waals surface area contributed by atoms with Crippen LogP contribution in [-0.4, -0.2) is 29.9 Å². The number of amides is 1. The van der Waals surface area contributed by atoms with Gasteiger partial charge in [0, 0.05) is 36.3 Å². The Hall–Kier alpha value is -1.68. The molecule has 1 aromatic heterocycles. The number of aryl methyl sites for hydroxylation is 1. The Morgan fingerprint density at radius 1 is 1.25 bits per heavy atom. The monoisotopic (exact) mass is 515 g/mol. The molecule has 1 unspecified atom stereocenters. The van der Waals surface area contributed by atoms with Crippen LogP contribution in [0.5, 0.6) is 0 Å². The van der Waals surface area contributed by atoms with Gasteiger partial charge in [0.15, 0.2) is 5.96 Å². The molecule has 154 valence electrons. The molecular formula is C20H30IN5OS. The van der Waals surface area contributed by atoms with Gasteiger partial charge >= 0.3 is 0 Å². The molecule has 1 atom stereocenters. The van der Waals surface area contributed by atoms with E-state index in [9.17, 15) is 4.79 Å². The number of rotatable bonds is 8. The number of guanidine groups is 1. The van der Waals surface area contributed by atoms with E-state index in [0.717, 1.165) is 23.4 Å². The van der Waals surface area contributed by atoms with E-state index in [4.69, 9.17) is 0 Å². The zero-order chi connectivity index (χ0) is 19.6. The number of aromatic nitrogens is 1. The zero-order valence-corrected chi connectivity index (χ0v) is 20.1. The number of aliphatic imine (C=N–C) groups is 1. The molecule has 0 aliphatic carbocycles. The maximum Gasteiger partial charge on any atom is 0.251 e. The number of nitrogens with one attached hydrogen (secondary N) is 3. The van der Waals surface area contributed by atoms with E-state index in [1.807, 2.05) is 37.4 Å². The molecule has 0 saturated heterocycles. The lowest BCUT2D eigenvalue weighted by Crippen LogP contribution is -2.36. The predicted molar refractivity (Wildman–Crippen MR) is 128 cm³/mol. The first-order chi connectivity index (χ1) is 13.0. The van der Waals surface area contributed by atoms with Crippen LogP contribution in [-0.2, 0) is 19.5 Å². The molecule has 1 aromatic carbocycles. The minimum Gasteiger partial charge on any atom is -0.352 e. The fraction of sp³-hybridized carbons (Fsp3) is 0.450. The number of hydrogen-bond acceptors (Lipinski definition) is 4. The fourth-order valence-electron chi connectivity index (χ4n) is 2.39. The molecule has 0 aliphatic rings. The number of carbonyl (C=O) groups excluding carboxylic acids is 1. The molecule has 1 amide bonds. The molecule has 2 aromatic rings. The van der Waals surface area contributed by atoms with Gasteiger partial charge in [0.1, 0.15) is 5.01 Å². The maximum absolute atomic E-state index is 12.3. The summed E-state index contributed by atoms with van der Waals surface area (Å²) < 4.78 is 0. The minimum atomic E-state index is -0.0378. The Kier molecular flexibility index (Phi) is 11.1. The van der Waals surface area contributed by atoms with Crippen molar-refractivity contribution in [3.63, 3.8) is 0 Å². The van der Waals surface area contributed by atoms with Gasteiger partial charge in [-0.1, -0.05) is 26.0 Å². The summed E-state index contributed by atoms with van der Waals surface area (Å²) in [4.78, 5) is 22.2. The Labute approximate surface area is 188 Å². The van der Waals surface area contributed by atoms with Crippen LogP contribution in [0.15, 0.2) is 35.5 Å². The summed E-state index contributed by atoms with van der Waals surface area (Å²) in [6, 6.07) is 7.81. The third-order valence-corrected chi connectivity index (χ3v) is 5.36. The van der Waals surface area contributed by atoms with Gasteiger partial charge < -0.3 is 16.0 Å². The molecule has 0 saturated carbocycles. The van der Waals surface area contributed by atoms with E-state index in [1.54, 1.807) is 18.4 Å². The molecule has 8 heteroatoms. The van der Waals surface area contributed by atoms with Crippen LogP contribution in [0, 0.1) is 0 Å². The normalized spacial score (nSPS) is 12.1. The highest BCUT2D eigenvalue weighted by Crippen LogP contribution is 2.12. The van der Waals surface area contributed by atoms with Crippen LogP contribution >= 0.6 is 35.3 Å². The Bertz CT molecular complexity index is 777. The van der Waals surface area contributed by atoms with Crippen LogP contribution in [0.4, 0.5) is 0 Å². The van der Waals surface area contributed by atoms with Crippen molar-refractivity contribution in [2.24, 2.45) is 4.99 Å². The molecule has 0 aliphatic heterocycles. The molecule has 28 heavy (non-hydrogen) atoms. The molecule has 0 radical (unpaired) electrons. The van der Waals surface area contributed by atoms with E-state index < -0.39 is 0 Å². The lowest BCUT2D eigenvalue weighted by atomic mass is 10.1. The third kappa shape index (κ3) is 7.75. The van der Waals surface area contributed by atoms with E-state index >= 15 is 0 Å². The summed E-state index contributed by atoms with van der Waals surface area (Å²) in [6.07, 6.45) is 3.84. The van der Waals surface area contributed by atoms with E-state index in [0.29, 0.717) is 24.6 Å². The van der Waals surface area contributed by atoms with Crippen LogP contribution in [0.25, 0.3) is 0 Å². The summed E-state index contributed by atoms with van der Waals surface area (Å²) in [5, 5.41) is 10.6. The molecule has 6 nitrogen and oxygen atoms in total. The number of thiazole rings is 1. The van der Waals surface area contributed by atoms with Crippen molar-refractivity contribution in [3.05, 3.63) is 51.5 Å². The average molecular weight is 515 g/mol. The number of hydrogen-bond donors (Lipinski definition) is 3. The number of halogens is 1. The lowest BCUT2D eigenvalue weighted by Gasteiger charge is -2.13. The standard InChI is InChI=1S/C20H29N5OS.HI/c1-5-14(3)25-19(26)16-9-7-8-15(10-16)11-23-20(21-4)24-13-18-22-12-17(6-2)27-18;/h7-10,12,14H,5-6,11,13H2,1-4H3,(H,25,26)(H2,21,23,24);1H. The molecule has 3 N–H and O–H groups in total. The number of nitrogens with zero attached hydrogens (tertiary/aromatic N) is 2. The number of benzene rings is 1. The van der Waals surface area contributed by atoms with E-state index in [1.165, 1.54) is 4.88 Å². The molecular weight excluding hydrogens is 485 g/mol. The van der Waals surface area contributed by atoms with Crippen molar-refractivity contribution >= 4 is 47.2 Å². The van der Waals surface area contributed by atoms with Gasteiger partial charge in [-0.3, -0.25) is 9.79 Å². The second-order valence-corrected chi connectivity index (χ2v) is 7.54. The van der Waals surface area contributed by atoms with Gasteiger partial charge in [-0.15, -0.1) is 35.3 Å². The Morgan fingerprint density at radius 3 is 2.64 bits per heavy atom. The maximum atomic E-state index is 12.3. The van der Waals surface area contributed by atoms with E-state index in [-0.39, 0.29) is 35.9 Å². The van der Waals surface area contributed by atoms with Crippen molar-refractivity contribution in [1.29, 1.82) is 0 Å². The highest BCUT2D eigenvalue weighted by Gasteiger charge is 2.09. The number of carbonyl (C=O) groups is 1. The molecule has 2 rings (SSSR count). The summed E-state index contributed by atoms with van der Waals surface area (Å²) in [7, 11) is 1.74. The predicted octanol–water partition coefficient (Wildman–Crippen LogP) is 3.72. The van der Waals surface area contributed by atoms with Crippen LogP contribution in [0.2, 0.25) is 0 Å². The highest BCUT2D eigenvalue weighted by atomic mass is 127. The second-order valence-electron chi connectivity index (χ2n) is 6.34. The van der Waals surface area contributed by atoms with Gasteiger partial charge in [-0.2, -0.15) is 0 Å². The zero-order valence-electron chi connectivity index (χ0n) is 16.9. The summed E-state index contributed by atoms with van der Waals surface area (Å²) >= 11 is 1.71. The topological polar surface area (TPSA) is 78.4 Å². The van der Waals surface area contributed by atoms with Crippen LogP contribution < -0.4 is 16.0 Å². The Balaban J connectivity index is 0.00000392. The highest BCUT2D eigenvalue weighted by molar-refractivity contribution is 14.0. The van der Waals surface area contributed by atoms with Gasteiger partial charge in [-0.25, -0.2) is 4.98 Å². The Morgan fingerprint density at radius 2 is 2.00 bits per heavy atom. The summed E-state index contributed by atoms with van der Waals surface area (Å²) in [5.74, 6) is 0.668. The van der Waals surface area contributed by atoms with Crippen LogP contribution in [0.3, 0.4) is 0 Å². The largest absolute Gasteiger partial charge is 0.352 e. The molecule has 0 bridgehead atoms. The summed E-state index contributed by atoms with van der Waals surface area (Å²) in [6.45, 7) is 7.41. The van der Waals surface area contributed by atoms with Crippen LogP contribution in [0.1, 0.15) is 53.0 Å². The van der Waals surface area contributed by atoms with Crippen molar-refractivity contribution < 1.29 is 4.79 Å². The minimum absolute atomic E-state index is 0. The lowest BCUT2D eigenvalue weighted by molar-refractivity contribution is 0.0939. The van der Waals surface area contributed by atoms with Crippen molar-refractivity contribution in [2.75, 3.05) is 7.05 Å². The molecule has 0 fully saturated rings. The van der Waals surface area contributed by atoms with Crippen molar-refractivity contribution in [2.45, 2.75) is 52.7 Å². The van der Waals surface area contributed by atoms with E-state index in [2.05, 4.69) is 39.8 Å². The third-order valence-electron chi connectivity index (χ3n) is 4.22. The SMILES string of the molecule is CCc1cnc(CNC(=NC)NCc2cccc(C(=O)NC(C)CC)c2)s1.I. The first kappa shape index (κ1) is 24.4. The average Bonchev–Trinajstić information content (AvgIpc) is 3.16. The molecule has 1 heterocycles. The van der Waals surface area contributed by atoms with Crippen molar-refractivity contribution in [3.8, 4) is 0 Å². The fourth-order valence-corrected chi connectivity index (χ4v) is 3.19. The first-order valence-corrected chi connectivity index (χ1v) is 10.1. The second kappa shape index (κ2) is 12.7. The van der Waals surface area contributed by atoms with Gasteiger partial charge in [-0.05, 0) is 37.5 Å². The van der Waals surface area contributed by atoms with Gasteiger partial charge in [0.2, 0.25) is 0 Å². The smallest absolute Gasteiger partial charge is 0.251 e. The van der Waals surface area contributed by atoms with Gasteiger partial charge in [0.05, 0.1) is 6.54 Å².